The van der Waals surface area contributed by atoms with E-state index in [1.807, 2.05) is 17.9 Å². The molecule has 1 heterocycles. The Bertz CT molecular complexity index is 321. The van der Waals surface area contributed by atoms with Gasteiger partial charge in [0, 0.05) is 18.6 Å². The average molecular weight is 213 g/mol. The summed E-state index contributed by atoms with van der Waals surface area (Å²) in [6.45, 7) is 2.32. The van der Waals surface area contributed by atoms with E-state index in [4.69, 9.17) is 11.6 Å². The van der Waals surface area contributed by atoms with Crippen LogP contribution in [0, 0.1) is 5.41 Å². The molecule has 1 aromatic heterocycles. The Kier molecular flexibility index (Phi) is 2.56. The summed E-state index contributed by atoms with van der Waals surface area (Å²) in [5.74, 6) is 0. The number of halogens is 1. The Hall–Kier alpha value is -0.500. The van der Waals surface area contributed by atoms with Crippen LogP contribution in [0.5, 0.6) is 0 Å². The first-order valence-electron chi connectivity index (χ1n) is 5.20. The van der Waals surface area contributed by atoms with Crippen molar-refractivity contribution >= 4 is 11.6 Å². The molecule has 1 fully saturated rings. The summed E-state index contributed by atoms with van der Waals surface area (Å²) in [7, 11) is 1.96. The van der Waals surface area contributed by atoms with Crippen LogP contribution in [-0.2, 0) is 13.5 Å². The van der Waals surface area contributed by atoms with Crippen LogP contribution >= 0.6 is 11.6 Å². The van der Waals surface area contributed by atoms with Crippen LogP contribution in [0.2, 0.25) is 0 Å². The topological polar surface area (TPSA) is 17.8 Å². The highest BCUT2D eigenvalue weighted by Gasteiger charge is 2.34. The normalized spacial score (nSPS) is 32.4. The predicted molar refractivity (Wildman–Crippen MR) is 58.5 cm³/mol. The zero-order valence-electron chi connectivity index (χ0n) is 8.83. The minimum Gasteiger partial charge on any atom is -0.276 e. The number of aromatic nitrogens is 2. The zero-order chi connectivity index (χ0) is 10.2. The molecule has 2 nitrogen and oxygen atoms in total. The lowest BCUT2D eigenvalue weighted by Gasteiger charge is -2.22. The number of nitrogens with zero attached hydrogens (tertiary/aromatic N) is 2. The third-order valence-corrected chi connectivity index (χ3v) is 3.52. The first kappa shape index (κ1) is 10.0. The van der Waals surface area contributed by atoms with Gasteiger partial charge < -0.3 is 0 Å². The fraction of sp³-hybridized carbons (Fsp3) is 0.727. The lowest BCUT2D eigenvalue weighted by Crippen LogP contribution is -2.16. The molecule has 14 heavy (non-hydrogen) atoms. The SMILES string of the molecule is Cn1ccc(CC2(C)CCC(Cl)C2)n1. The minimum atomic E-state index is 0.376. The number of rotatable bonds is 2. The Morgan fingerprint density at radius 1 is 1.71 bits per heavy atom. The van der Waals surface area contributed by atoms with E-state index in [1.165, 1.54) is 12.1 Å². The van der Waals surface area contributed by atoms with Crippen molar-refractivity contribution < 1.29 is 0 Å². The molecule has 3 heteroatoms. The van der Waals surface area contributed by atoms with E-state index in [0.717, 1.165) is 19.3 Å². The molecule has 0 saturated heterocycles. The summed E-state index contributed by atoms with van der Waals surface area (Å²) >= 11 is 6.14. The lowest BCUT2D eigenvalue weighted by molar-refractivity contribution is 0.330. The van der Waals surface area contributed by atoms with Crippen LogP contribution in [0.4, 0.5) is 0 Å². The average Bonchev–Trinajstić information content (AvgIpc) is 2.60. The minimum absolute atomic E-state index is 0.376. The molecular formula is C11H17ClN2. The van der Waals surface area contributed by atoms with Crippen LogP contribution < -0.4 is 0 Å². The molecule has 2 atom stereocenters. The second-order valence-corrected chi connectivity index (χ2v) is 5.43. The van der Waals surface area contributed by atoms with Gasteiger partial charge in [0.25, 0.3) is 0 Å². The highest BCUT2D eigenvalue weighted by molar-refractivity contribution is 6.20. The van der Waals surface area contributed by atoms with Crippen LogP contribution in [0.1, 0.15) is 31.9 Å². The first-order valence-corrected chi connectivity index (χ1v) is 5.64. The van der Waals surface area contributed by atoms with Gasteiger partial charge in [0.1, 0.15) is 0 Å². The van der Waals surface area contributed by atoms with Crippen LogP contribution in [0.15, 0.2) is 12.3 Å². The van der Waals surface area contributed by atoms with Crippen LogP contribution in [-0.4, -0.2) is 15.2 Å². The summed E-state index contributed by atoms with van der Waals surface area (Å²) in [5.41, 5.74) is 1.57. The zero-order valence-corrected chi connectivity index (χ0v) is 9.59. The van der Waals surface area contributed by atoms with Crippen molar-refractivity contribution in [3.8, 4) is 0 Å². The van der Waals surface area contributed by atoms with Crippen molar-refractivity contribution in [2.75, 3.05) is 0 Å². The molecule has 2 unspecified atom stereocenters. The highest BCUT2D eigenvalue weighted by atomic mass is 35.5. The molecule has 0 radical (unpaired) electrons. The van der Waals surface area contributed by atoms with Gasteiger partial charge in [0.05, 0.1) is 5.69 Å². The Balaban J connectivity index is 2.03. The second-order valence-electron chi connectivity index (χ2n) is 4.81. The van der Waals surface area contributed by atoms with E-state index in [1.54, 1.807) is 0 Å². The number of hydrogen-bond donors (Lipinski definition) is 0. The van der Waals surface area contributed by atoms with Gasteiger partial charge in [0.15, 0.2) is 0 Å². The van der Waals surface area contributed by atoms with Gasteiger partial charge in [-0.05, 0) is 37.2 Å². The maximum atomic E-state index is 6.14. The molecule has 0 aromatic carbocycles. The summed E-state index contributed by atoms with van der Waals surface area (Å²) in [4.78, 5) is 0. The van der Waals surface area contributed by atoms with Gasteiger partial charge >= 0.3 is 0 Å². The third kappa shape index (κ3) is 2.11. The summed E-state index contributed by atoms with van der Waals surface area (Å²) in [5, 5.41) is 4.80. The second kappa shape index (κ2) is 3.58. The van der Waals surface area contributed by atoms with E-state index in [-0.39, 0.29) is 0 Å². The number of aryl methyl sites for hydroxylation is 1. The summed E-state index contributed by atoms with van der Waals surface area (Å²) < 4.78 is 1.87. The van der Waals surface area contributed by atoms with Crippen molar-refractivity contribution in [2.24, 2.45) is 12.5 Å². The fourth-order valence-electron chi connectivity index (χ4n) is 2.40. The Labute approximate surface area is 90.3 Å². The molecule has 2 rings (SSSR count). The fourth-order valence-corrected chi connectivity index (χ4v) is 2.88. The van der Waals surface area contributed by atoms with Crippen molar-refractivity contribution in [1.82, 2.24) is 9.78 Å². The van der Waals surface area contributed by atoms with Crippen molar-refractivity contribution in [3.63, 3.8) is 0 Å². The van der Waals surface area contributed by atoms with Crippen molar-refractivity contribution in [3.05, 3.63) is 18.0 Å². The van der Waals surface area contributed by atoms with Gasteiger partial charge in [0.2, 0.25) is 0 Å². The van der Waals surface area contributed by atoms with Gasteiger partial charge in [-0.1, -0.05) is 6.92 Å². The number of hydrogen-bond acceptors (Lipinski definition) is 1. The monoisotopic (exact) mass is 212 g/mol. The molecular weight excluding hydrogens is 196 g/mol. The van der Waals surface area contributed by atoms with Gasteiger partial charge in [-0.15, -0.1) is 11.6 Å². The Morgan fingerprint density at radius 2 is 2.50 bits per heavy atom. The molecule has 0 bridgehead atoms. The van der Waals surface area contributed by atoms with Crippen LogP contribution in [0.3, 0.4) is 0 Å². The van der Waals surface area contributed by atoms with E-state index in [2.05, 4.69) is 18.1 Å². The lowest BCUT2D eigenvalue weighted by atomic mass is 9.84. The molecule has 78 valence electrons. The number of alkyl halides is 1. The van der Waals surface area contributed by atoms with E-state index < -0.39 is 0 Å². The molecule has 0 N–H and O–H groups in total. The van der Waals surface area contributed by atoms with E-state index in [9.17, 15) is 0 Å². The van der Waals surface area contributed by atoms with Crippen molar-refractivity contribution in [2.45, 2.75) is 38.0 Å². The van der Waals surface area contributed by atoms with Gasteiger partial charge in [-0.3, -0.25) is 4.68 Å². The first-order chi connectivity index (χ1) is 6.57. The largest absolute Gasteiger partial charge is 0.276 e. The highest BCUT2D eigenvalue weighted by Crippen LogP contribution is 2.42. The van der Waals surface area contributed by atoms with Gasteiger partial charge in [-0.2, -0.15) is 5.10 Å². The summed E-state index contributed by atoms with van der Waals surface area (Å²) in [6, 6.07) is 2.10. The molecule has 0 amide bonds. The predicted octanol–water partition coefficient (Wildman–Crippen LogP) is 2.76. The molecule has 1 saturated carbocycles. The summed E-state index contributed by atoms with van der Waals surface area (Å²) in [6.07, 6.45) is 6.59. The molecule has 0 spiro atoms. The van der Waals surface area contributed by atoms with Crippen molar-refractivity contribution in [1.29, 1.82) is 0 Å². The molecule has 1 aliphatic carbocycles. The third-order valence-electron chi connectivity index (χ3n) is 3.15. The van der Waals surface area contributed by atoms with E-state index >= 15 is 0 Å². The Morgan fingerprint density at radius 3 is 3.00 bits per heavy atom. The smallest absolute Gasteiger partial charge is 0.0629 e. The maximum Gasteiger partial charge on any atom is 0.0629 e. The molecule has 1 aliphatic rings. The quantitative estimate of drug-likeness (QED) is 0.690. The standard InChI is InChI=1S/C11H17ClN2/c1-11(5-3-9(12)7-11)8-10-4-6-14(2)13-10/h4,6,9H,3,5,7-8H2,1-2H3. The molecule has 1 aromatic rings. The van der Waals surface area contributed by atoms with Gasteiger partial charge in [-0.25, -0.2) is 0 Å². The molecule has 0 aliphatic heterocycles. The van der Waals surface area contributed by atoms with E-state index in [0.29, 0.717) is 10.8 Å². The van der Waals surface area contributed by atoms with Crippen LogP contribution in [0.25, 0.3) is 0 Å². The maximum absolute atomic E-state index is 6.14.